The number of nitrogens with one attached hydrogen (secondary N) is 1. The van der Waals surface area contributed by atoms with E-state index in [0.717, 1.165) is 30.3 Å². The molecule has 2 aromatic rings. The fourth-order valence-corrected chi connectivity index (χ4v) is 2.75. The number of carboxylic acids is 1. The fourth-order valence-electron chi connectivity index (χ4n) is 2.75. The minimum atomic E-state index is -5.08. The lowest BCUT2D eigenvalue weighted by Gasteiger charge is -2.19. The van der Waals surface area contributed by atoms with Crippen molar-refractivity contribution in [2.45, 2.75) is 25.7 Å². The third-order valence-electron chi connectivity index (χ3n) is 4.20. The highest BCUT2D eigenvalue weighted by Crippen LogP contribution is 2.14. The van der Waals surface area contributed by atoms with E-state index in [1.54, 1.807) is 13.3 Å². The Hall–Kier alpha value is -3.15. The van der Waals surface area contributed by atoms with Crippen LogP contribution in [0, 0.1) is 0 Å². The number of pyridine rings is 1. The summed E-state index contributed by atoms with van der Waals surface area (Å²) in [6.07, 6.45) is -0.657. The molecule has 0 aromatic carbocycles. The summed E-state index contributed by atoms with van der Waals surface area (Å²) < 4.78 is 38.9. The van der Waals surface area contributed by atoms with Gasteiger partial charge in [0.1, 0.15) is 18.2 Å². The lowest BCUT2D eigenvalue weighted by molar-refractivity contribution is -0.192. The van der Waals surface area contributed by atoms with Crippen LogP contribution in [-0.2, 0) is 33.8 Å². The number of carbonyl (C=O) groups is 2. The average Bonchev–Trinajstić information content (AvgIpc) is 2.96. The second-order valence-electron chi connectivity index (χ2n) is 6.25. The van der Waals surface area contributed by atoms with E-state index in [1.807, 2.05) is 29.3 Å². The molecular formula is C18H22F3N5O4. The molecule has 0 radical (unpaired) electrons. The average molecular weight is 429 g/mol. The largest absolute Gasteiger partial charge is 0.490 e. The third-order valence-corrected chi connectivity index (χ3v) is 4.20. The van der Waals surface area contributed by atoms with Gasteiger partial charge in [-0.25, -0.2) is 14.8 Å². The number of anilines is 1. The number of halogens is 3. The molecule has 0 unspecified atom stereocenters. The topological polar surface area (TPSA) is 110 Å². The van der Waals surface area contributed by atoms with Gasteiger partial charge in [-0.15, -0.1) is 0 Å². The molecule has 0 fully saturated rings. The number of amides is 1. The summed E-state index contributed by atoms with van der Waals surface area (Å²) in [5.74, 6) is -0.858. The minimum Gasteiger partial charge on any atom is -0.475 e. The first kappa shape index (κ1) is 23.1. The molecule has 1 aliphatic rings. The molecular weight excluding hydrogens is 407 g/mol. The Kier molecular flexibility index (Phi) is 8.16. The Balaban J connectivity index is 0.000000396. The van der Waals surface area contributed by atoms with Crippen molar-refractivity contribution in [2.75, 3.05) is 32.1 Å². The lowest BCUT2D eigenvalue weighted by Crippen LogP contribution is -2.36. The van der Waals surface area contributed by atoms with Crippen LogP contribution < -0.4 is 5.32 Å². The Morgan fingerprint density at radius 2 is 1.97 bits per heavy atom. The normalized spacial score (nSPS) is 13.5. The van der Waals surface area contributed by atoms with E-state index in [9.17, 15) is 18.0 Å². The number of hydrogen-bond donors (Lipinski definition) is 2. The number of imidazole rings is 1. The number of carboxylic acid groups (broad SMARTS) is 1. The summed E-state index contributed by atoms with van der Waals surface area (Å²) in [7, 11) is 1.54. The Labute approximate surface area is 170 Å². The van der Waals surface area contributed by atoms with Crippen molar-refractivity contribution < 1.29 is 32.6 Å². The number of alkyl halides is 3. The van der Waals surface area contributed by atoms with Gasteiger partial charge in [0.15, 0.2) is 0 Å². The maximum absolute atomic E-state index is 12.0. The molecule has 1 amide bonds. The van der Waals surface area contributed by atoms with Crippen LogP contribution in [0.15, 0.2) is 30.6 Å². The van der Waals surface area contributed by atoms with Crippen LogP contribution in [0.1, 0.15) is 11.5 Å². The van der Waals surface area contributed by atoms with Gasteiger partial charge in [0.2, 0.25) is 5.91 Å². The summed E-state index contributed by atoms with van der Waals surface area (Å²) in [6.45, 7) is 2.92. The zero-order valence-electron chi connectivity index (χ0n) is 16.2. The van der Waals surface area contributed by atoms with Crippen molar-refractivity contribution in [1.29, 1.82) is 0 Å². The second-order valence-corrected chi connectivity index (χ2v) is 6.25. The molecule has 12 heteroatoms. The van der Waals surface area contributed by atoms with E-state index >= 15 is 0 Å². The molecule has 0 bridgehead atoms. The predicted molar refractivity (Wildman–Crippen MR) is 99.6 cm³/mol. The molecule has 0 saturated carbocycles. The highest BCUT2D eigenvalue weighted by Gasteiger charge is 2.38. The van der Waals surface area contributed by atoms with Crippen molar-refractivity contribution in [3.8, 4) is 0 Å². The van der Waals surface area contributed by atoms with Gasteiger partial charge in [0.25, 0.3) is 0 Å². The van der Waals surface area contributed by atoms with Crippen LogP contribution in [0.5, 0.6) is 0 Å². The summed E-state index contributed by atoms with van der Waals surface area (Å²) in [5, 5.41) is 10.4. The van der Waals surface area contributed by atoms with Crippen LogP contribution >= 0.6 is 0 Å². The van der Waals surface area contributed by atoms with E-state index in [0.29, 0.717) is 19.6 Å². The molecule has 1 aliphatic heterocycles. The first-order chi connectivity index (χ1) is 14.2. The van der Waals surface area contributed by atoms with Gasteiger partial charge in [0, 0.05) is 39.4 Å². The number of fused-ring (bicyclic) bond motifs is 1. The highest BCUT2D eigenvalue weighted by molar-refractivity contribution is 5.77. The Morgan fingerprint density at radius 3 is 2.57 bits per heavy atom. The van der Waals surface area contributed by atoms with E-state index in [2.05, 4.69) is 19.9 Å². The van der Waals surface area contributed by atoms with E-state index < -0.39 is 12.1 Å². The number of ether oxygens (including phenoxy) is 1. The van der Waals surface area contributed by atoms with E-state index in [-0.39, 0.29) is 12.5 Å². The molecule has 3 heterocycles. The van der Waals surface area contributed by atoms with E-state index in [1.165, 1.54) is 0 Å². The zero-order chi connectivity index (χ0) is 22.1. The maximum atomic E-state index is 12.0. The van der Waals surface area contributed by atoms with Gasteiger partial charge in [-0.05, 0) is 12.1 Å². The lowest BCUT2D eigenvalue weighted by atomic mass is 10.3. The van der Waals surface area contributed by atoms with Gasteiger partial charge in [-0.2, -0.15) is 13.2 Å². The van der Waals surface area contributed by atoms with Gasteiger partial charge >= 0.3 is 12.1 Å². The van der Waals surface area contributed by atoms with Gasteiger partial charge in [0.05, 0.1) is 18.4 Å². The predicted octanol–water partition coefficient (Wildman–Crippen LogP) is 1.55. The quantitative estimate of drug-likeness (QED) is 0.742. The van der Waals surface area contributed by atoms with Crippen LogP contribution in [0.4, 0.5) is 19.0 Å². The van der Waals surface area contributed by atoms with Gasteiger partial charge in [-0.1, -0.05) is 6.07 Å². The molecule has 3 rings (SSSR count). The fraction of sp³-hybridized carbons (Fsp3) is 0.444. The summed E-state index contributed by atoms with van der Waals surface area (Å²) in [5.41, 5.74) is 1.10. The monoisotopic (exact) mass is 429 g/mol. The van der Waals surface area contributed by atoms with E-state index in [4.69, 9.17) is 14.6 Å². The molecule has 2 N–H and O–H groups in total. The zero-order valence-corrected chi connectivity index (χ0v) is 16.2. The number of aliphatic carboxylic acids is 1. The number of hydrogen-bond acceptors (Lipinski definition) is 6. The molecule has 9 nitrogen and oxygen atoms in total. The van der Waals surface area contributed by atoms with Crippen molar-refractivity contribution in [3.05, 3.63) is 42.1 Å². The van der Waals surface area contributed by atoms with Gasteiger partial charge < -0.3 is 24.6 Å². The second kappa shape index (κ2) is 10.6. The first-order valence-electron chi connectivity index (χ1n) is 8.97. The number of methoxy groups -OCH3 is 1. The summed E-state index contributed by atoms with van der Waals surface area (Å²) in [6, 6.07) is 5.78. The smallest absolute Gasteiger partial charge is 0.475 e. The molecule has 0 saturated heterocycles. The van der Waals surface area contributed by atoms with Crippen LogP contribution in [-0.4, -0.2) is 69.4 Å². The van der Waals surface area contributed by atoms with Crippen molar-refractivity contribution in [3.63, 3.8) is 0 Å². The van der Waals surface area contributed by atoms with Crippen LogP contribution in [0.3, 0.4) is 0 Å². The molecule has 0 spiro atoms. The van der Waals surface area contributed by atoms with Crippen LogP contribution in [0.2, 0.25) is 0 Å². The minimum absolute atomic E-state index is 0.0337. The molecule has 30 heavy (non-hydrogen) atoms. The summed E-state index contributed by atoms with van der Waals surface area (Å²) in [4.78, 5) is 31.5. The first-order valence-corrected chi connectivity index (χ1v) is 8.97. The van der Waals surface area contributed by atoms with Crippen LogP contribution in [0.25, 0.3) is 0 Å². The molecule has 2 aromatic heterocycles. The molecule has 0 atom stereocenters. The third kappa shape index (κ3) is 6.72. The molecule has 0 aliphatic carbocycles. The maximum Gasteiger partial charge on any atom is 0.490 e. The number of nitrogens with zero attached hydrogens (tertiary/aromatic N) is 4. The summed E-state index contributed by atoms with van der Waals surface area (Å²) >= 11 is 0. The number of carbonyl (C=O) groups excluding carboxylic acids is 1. The number of aromatic nitrogens is 3. The Morgan fingerprint density at radius 1 is 1.23 bits per heavy atom. The van der Waals surface area contributed by atoms with Crippen molar-refractivity contribution in [1.82, 2.24) is 19.4 Å². The van der Waals surface area contributed by atoms with Crippen molar-refractivity contribution >= 4 is 17.7 Å². The Bertz CT molecular complexity index is 842. The van der Waals surface area contributed by atoms with Crippen molar-refractivity contribution in [2.24, 2.45) is 0 Å². The standard InChI is InChI=1S/C16H21N5O2.C2HF3O2/c1-23-12-16(22)20-7-5-15-19-11-13(21(15)9-8-20)10-18-14-4-2-3-6-17-14;3-2(4,5)1(6)7/h2-4,6,11H,5,7-10,12H2,1H3,(H,17,18);(H,6,7). The molecule has 164 valence electrons. The SMILES string of the molecule is COCC(=O)N1CCc2ncc(CNc3ccccn3)n2CC1.O=C(O)C(F)(F)F. The highest BCUT2D eigenvalue weighted by atomic mass is 19.4. The number of rotatable bonds is 5. The van der Waals surface area contributed by atoms with Gasteiger partial charge in [-0.3, -0.25) is 4.79 Å².